The van der Waals surface area contributed by atoms with Crippen molar-refractivity contribution in [1.82, 2.24) is 10.2 Å². The Bertz CT molecular complexity index is 960. The van der Waals surface area contributed by atoms with Gasteiger partial charge in [0, 0.05) is 39.6 Å². The van der Waals surface area contributed by atoms with Crippen molar-refractivity contribution in [2.45, 2.75) is 6.92 Å². The van der Waals surface area contributed by atoms with Gasteiger partial charge in [0.2, 0.25) is 0 Å². The van der Waals surface area contributed by atoms with Crippen LogP contribution in [0.1, 0.15) is 48.4 Å². The van der Waals surface area contributed by atoms with Gasteiger partial charge in [0.15, 0.2) is 0 Å². The van der Waals surface area contributed by atoms with Crippen LogP contribution < -0.4 is 5.32 Å². The van der Waals surface area contributed by atoms with Crippen LogP contribution in [-0.2, 0) is 9.47 Å². The monoisotopic (exact) mass is 382 g/mol. The molecule has 0 bridgehead atoms. The molecule has 0 fully saturated rings. The van der Waals surface area contributed by atoms with Crippen molar-refractivity contribution in [3.05, 3.63) is 46.5 Å². The van der Waals surface area contributed by atoms with Crippen LogP contribution in [0, 0.1) is 0 Å². The van der Waals surface area contributed by atoms with Crippen molar-refractivity contribution in [2.75, 3.05) is 33.0 Å². The molecule has 2 aliphatic heterocycles. The van der Waals surface area contributed by atoms with Crippen molar-refractivity contribution < 1.29 is 28.7 Å². The van der Waals surface area contributed by atoms with Gasteiger partial charge in [0.1, 0.15) is 0 Å². The number of ether oxygens (including phenoxy) is 2. The molecule has 0 unspecified atom stereocenters. The van der Waals surface area contributed by atoms with Crippen molar-refractivity contribution in [2.24, 2.45) is 0 Å². The predicted molar refractivity (Wildman–Crippen MR) is 98.4 cm³/mol. The molecule has 0 spiro atoms. The molecule has 4 amide bonds. The van der Waals surface area contributed by atoms with E-state index < -0.39 is 23.6 Å². The fourth-order valence-electron chi connectivity index (χ4n) is 3.57. The number of benzene rings is 2. The predicted octanol–water partition coefficient (Wildman–Crippen LogP) is 1.37. The van der Waals surface area contributed by atoms with Gasteiger partial charge in [-0.1, -0.05) is 0 Å². The maximum absolute atomic E-state index is 12.9. The number of nitrogens with zero attached hydrogens (tertiary/aromatic N) is 1. The lowest BCUT2D eigenvalue weighted by Crippen LogP contribution is -2.43. The van der Waals surface area contributed by atoms with E-state index in [9.17, 15) is 19.2 Å². The molecule has 1 N–H and O–H groups in total. The van der Waals surface area contributed by atoms with Crippen LogP contribution in [-0.4, -0.2) is 61.5 Å². The van der Waals surface area contributed by atoms with Crippen LogP contribution in [0.25, 0.3) is 10.8 Å². The molecular weight excluding hydrogens is 364 g/mol. The molecule has 0 aromatic heterocycles. The maximum Gasteiger partial charge on any atom is 0.261 e. The van der Waals surface area contributed by atoms with Crippen LogP contribution >= 0.6 is 0 Å². The van der Waals surface area contributed by atoms with Gasteiger partial charge < -0.3 is 9.47 Å². The Labute approximate surface area is 160 Å². The summed E-state index contributed by atoms with van der Waals surface area (Å²) in [6.45, 7) is 3.60. The van der Waals surface area contributed by atoms with Gasteiger partial charge in [-0.05, 0) is 31.2 Å². The Balaban J connectivity index is 1.67. The Morgan fingerprint density at radius 2 is 1.25 bits per heavy atom. The molecule has 144 valence electrons. The minimum atomic E-state index is -0.536. The summed E-state index contributed by atoms with van der Waals surface area (Å²) < 4.78 is 10.6. The zero-order valence-corrected chi connectivity index (χ0v) is 15.2. The quantitative estimate of drug-likeness (QED) is 0.573. The summed E-state index contributed by atoms with van der Waals surface area (Å²) in [7, 11) is 0. The van der Waals surface area contributed by atoms with Crippen LogP contribution in [0.4, 0.5) is 0 Å². The van der Waals surface area contributed by atoms with Crippen molar-refractivity contribution in [3.63, 3.8) is 0 Å². The Morgan fingerprint density at radius 3 is 1.82 bits per heavy atom. The number of nitrogens with one attached hydrogen (secondary N) is 1. The first-order valence-corrected chi connectivity index (χ1v) is 9.01. The highest BCUT2D eigenvalue weighted by Gasteiger charge is 2.36. The fourth-order valence-corrected chi connectivity index (χ4v) is 3.57. The molecule has 8 nitrogen and oxygen atoms in total. The van der Waals surface area contributed by atoms with E-state index in [1.54, 1.807) is 0 Å². The molecule has 0 saturated carbocycles. The Morgan fingerprint density at radius 1 is 0.750 bits per heavy atom. The molecule has 28 heavy (non-hydrogen) atoms. The average Bonchev–Trinajstić information content (AvgIpc) is 2.69. The second kappa shape index (κ2) is 7.14. The molecule has 0 saturated heterocycles. The Hall–Kier alpha value is -3.10. The lowest BCUT2D eigenvalue weighted by Gasteiger charge is -2.29. The summed E-state index contributed by atoms with van der Waals surface area (Å²) >= 11 is 0. The number of rotatable bonds is 7. The summed E-state index contributed by atoms with van der Waals surface area (Å²) in [5, 5.41) is 2.99. The normalized spacial score (nSPS) is 15.4. The maximum atomic E-state index is 12.9. The van der Waals surface area contributed by atoms with Crippen LogP contribution in [0.3, 0.4) is 0 Å². The van der Waals surface area contributed by atoms with Gasteiger partial charge in [-0.2, -0.15) is 0 Å². The third-order valence-electron chi connectivity index (χ3n) is 4.86. The lowest BCUT2D eigenvalue weighted by atomic mass is 9.86. The van der Waals surface area contributed by atoms with Crippen LogP contribution in [0.2, 0.25) is 0 Å². The van der Waals surface area contributed by atoms with Gasteiger partial charge in [0.05, 0.1) is 26.4 Å². The van der Waals surface area contributed by atoms with Crippen molar-refractivity contribution in [1.29, 1.82) is 0 Å². The van der Waals surface area contributed by atoms with Gasteiger partial charge in [-0.25, -0.2) is 0 Å². The molecule has 0 radical (unpaired) electrons. The Kier molecular flexibility index (Phi) is 4.66. The molecule has 0 atom stereocenters. The molecular formula is C20H18N2O6. The van der Waals surface area contributed by atoms with Crippen LogP contribution in [0.15, 0.2) is 24.3 Å². The highest BCUT2D eigenvalue weighted by molar-refractivity contribution is 6.33. The molecule has 4 rings (SSSR count). The molecule has 0 aliphatic carbocycles. The number of hydrogen-bond donors (Lipinski definition) is 1. The molecule has 2 aromatic carbocycles. The zero-order chi connectivity index (χ0) is 19.8. The number of amides is 4. The van der Waals surface area contributed by atoms with E-state index in [0.29, 0.717) is 41.7 Å². The van der Waals surface area contributed by atoms with Gasteiger partial charge in [-0.15, -0.1) is 0 Å². The summed E-state index contributed by atoms with van der Waals surface area (Å²) in [4.78, 5) is 51.3. The number of hydrogen-bond acceptors (Lipinski definition) is 6. The first-order valence-electron chi connectivity index (χ1n) is 9.01. The van der Waals surface area contributed by atoms with E-state index in [2.05, 4.69) is 5.32 Å². The third kappa shape index (κ3) is 2.78. The van der Waals surface area contributed by atoms with Gasteiger partial charge >= 0.3 is 0 Å². The van der Waals surface area contributed by atoms with Crippen LogP contribution in [0.5, 0.6) is 0 Å². The summed E-state index contributed by atoms with van der Waals surface area (Å²) in [5.74, 6) is -2.00. The molecule has 8 heteroatoms. The van der Waals surface area contributed by atoms with E-state index in [1.165, 1.54) is 24.3 Å². The largest absolute Gasteiger partial charge is 0.379 e. The highest BCUT2D eigenvalue weighted by atomic mass is 16.5. The molecule has 2 aliphatic rings. The fraction of sp³-hybridized carbons (Fsp3) is 0.300. The SMILES string of the molecule is CCOCCOCCN1C(=O)c2ccc3c4c(ccc(c24)C1=O)C(=O)NC3=O. The smallest absolute Gasteiger partial charge is 0.261 e. The lowest BCUT2D eigenvalue weighted by molar-refractivity contribution is 0.0363. The third-order valence-corrected chi connectivity index (χ3v) is 4.86. The van der Waals surface area contributed by atoms with E-state index >= 15 is 0 Å². The molecule has 2 heterocycles. The van der Waals surface area contributed by atoms with E-state index in [4.69, 9.17) is 9.47 Å². The number of imide groups is 2. The van der Waals surface area contributed by atoms with E-state index in [1.807, 2.05) is 6.92 Å². The minimum absolute atomic E-state index is 0.105. The number of carbonyl (C=O) groups excluding carboxylic acids is 4. The topological polar surface area (TPSA) is 102 Å². The molecule has 2 aromatic rings. The average molecular weight is 382 g/mol. The summed E-state index contributed by atoms with van der Waals surface area (Å²) in [5.41, 5.74) is 1.16. The standard InChI is InChI=1S/C20H18N2O6/c1-2-27-9-10-28-8-7-22-19(25)13-5-3-11-15-12(18(24)21-17(11)23)4-6-14(16(13)15)20(22)26/h3-6H,2,7-10H2,1H3,(H,21,23,24). The zero-order valence-electron chi connectivity index (χ0n) is 15.2. The first-order chi connectivity index (χ1) is 13.5. The number of carbonyl (C=O) groups is 4. The second-order valence-electron chi connectivity index (χ2n) is 6.43. The van der Waals surface area contributed by atoms with Gasteiger partial charge in [-0.3, -0.25) is 29.4 Å². The minimum Gasteiger partial charge on any atom is -0.379 e. The van der Waals surface area contributed by atoms with Crippen molar-refractivity contribution in [3.8, 4) is 0 Å². The van der Waals surface area contributed by atoms with E-state index in [-0.39, 0.29) is 24.3 Å². The van der Waals surface area contributed by atoms with Gasteiger partial charge in [0.25, 0.3) is 23.6 Å². The van der Waals surface area contributed by atoms with Crippen molar-refractivity contribution >= 4 is 34.4 Å². The first kappa shape index (κ1) is 18.3. The summed E-state index contributed by atoms with van der Waals surface area (Å²) in [6.07, 6.45) is 0. The summed E-state index contributed by atoms with van der Waals surface area (Å²) in [6, 6.07) is 6.07. The highest BCUT2D eigenvalue weighted by Crippen LogP contribution is 2.35. The van der Waals surface area contributed by atoms with E-state index in [0.717, 1.165) is 4.90 Å². The second-order valence-corrected chi connectivity index (χ2v) is 6.43.